The number of nitriles is 1. The number of amides is 1. The molecule has 3 heterocycles. The van der Waals surface area contributed by atoms with Gasteiger partial charge in [0.25, 0.3) is 5.91 Å². The Balaban J connectivity index is 1.39. The van der Waals surface area contributed by atoms with Crippen LogP contribution in [0.15, 0.2) is 59.5 Å². The Bertz CT molecular complexity index is 1460. The summed E-state index contributed by atoms with van der Waals surface area (Å²) in [5.74, 6) is 0.458. The van der Waals surface area contributed by atoms with Crippen molar-refractivity contribution < 1.29 is 17.9 Å². The van der Waals surface area contributed by atoms with Crippen LogP contribution in [0, 0.1) is 11.3 Å². The Hall–Kier alpha value is -3.28. The average Bonchev–Trinajstić information content (AvgIpc) is 3.29. The van der Waals surface area contributed by atoms with Gasteiger partial charge in [-0.05, 0) is 62.4 Å². The Morgan fingerprint density at radius 2 is 1.77 bits per heavy atom. The van der Waals surface area contributed by atoms with Crippen LogP contribution >= 0.6 is 11.6 Å². The van der Waals surface area contributed by atoms with Gasteiger partial charge >= 0.3 is 0 Å². The summed E-state index contributed by atoms with van der Waals surface area (Å²) in [6.45, 7) is 4.17. The fraction of sp³-hybridized carbons (Fsp3) is 0.308. The third kappa shape index (κ3) is 3.79. The number of halogens is 1. The number of hydrogen-bond donors (Lipinski definition) is 0. The molecule has 3 aromatic rings. The van der Waals surface area contributed by atoms with Gasteiger partial charge in [0.2, 0.25) is 0 Å². The monoisotopic (exact) mass is 509 g/mol. The Labute approximate surface area is 209 Å². The minimum Gasteiger partial charge on any atom is -0.479 e. The molecule has 0 aliphatic carbocycles. The summed E-state index contributed by atoms with van der Waals surface area (Å²) in [5.41, 5.74) is 1.94. The van der Waals surface area contributed by atoms with Crippen molar-refractivity contribution in [1.82, 2.24) is 9.47 Å². The SMILES string of the molecule is CC(C)S(=O)(=O)c1ccc(C(=O)N2CCC3(CC2)Oc2cc(Cl)ccc2-n2c(C#N)ccc23)cc1. The molecule has 2 aliphatic heterocycles. The zero-order chi connectivity index (χ0) is 25.0. The average molecular weight is 510 g/mol. The first-order chi connectivity index (χ1) is 16.7. The maximum atomic E-state index is 13.2. The van der Waals surface area contributed by atoms with E-state index in [1.807, 2.05) is 16.7 Å². The van der Waals surface area contributed by atoms with Crippen LogP contribution in [0.3, 0.4) is 0 Å². The molecular weight excluding hydrogens is 486 g/mol. The lowest BCUT2D eigenvalue weighted by atomic mass is 9.86. The predicted octanol–water partition coefficient (Wildman–Crippen LogP) is 4.71. The van der Waals surface area contributed by atoms with Crippen molar-refractivity contribution >= 4 is 27.3 Å². The third-order valence-corrected chi connectivity index (χ3v) is 9.24. The van der Waals surface area contributed by atoms with Gasteiger partial charge in [0.1, 0.15) is 17.5 Å². The highest BCUT2D eigenvalue weighted by Gasteiger charge is 2.45. The number of rotatable bonds is 3. The highest BCUT2D eigenvalue weighted by molar-refractivity contribution is 7.92. The zero-order valence-electron chi connectivity index (χ0n) is 19.4. The van der Waals surface area contributed by atoms with Crippen molar-refractivity contribution in [2.45, 2.75) is 42.4 Å². The molecule has 0 unspecified atom stereocenters. The molecule has 0 radical (unpaired) electrons. The molecule has 1 amide bonds. The number of fused-ring (bicyclic) bond motifs is 4. The molecule has 0 N–H and O–H groups in total. The highest BCUT2D eigenvalue weighted by Crippen LogP contribution is 2.46. The first kappa shape index (κ1) is 23.5. The van der Waals surface area contributed by atoms with E-state index in [1.165, 1.54) is 12.1 Å². The highest BCUT2D eigenvalue weighted by atomic mass is 35.5. The van der Waals surface area contributed by atoms with Crippen molar-refractivity contribution in [3.8, 4) is 17.5 Å². The molecule has 9 heteroatoms. The van der Waals surface area contributed by atoms with Crippen molar-refractivity contribution in [2.24, 2.45) is 0 Å². The number of sulfone groups is 1. The summed E-state index contributed by atoms with van der Waals surface area (Å²) >= 11 is 6.22. The van der Waals surface area contributed by atoms with Gasteiger partial charge in [-0.1, -0.05) is 11.6 Å². The van der Waals surface area contributed by atoms with Crippen molar-refractivity contribution in [3.05, 3.63) is 76.6 Å². The van der Waals surface area contributed by atoms with E-state index in [-0.39, 0.29) is 10.8 Å². The topological polar surface area (TPSA) is 92.4 Å². The molecule has 7 nitrogen and oxygen atoms in total. The number of aromatic nitrogens is 1. The summed E-state index contributed by atoms with van der Waals surface area (Å²) in [6.07, 6.45) is 1.08. The fourth-order valence-electron chi connectivity index (χ4n) is 4.83. The summed E-state index contributed by atoms with van der Waals surface area (Å²) in [4.78, 5) is 15.1. The van der Waals surface area contributed by atoms with Crippen LogP contribution in [-0.4, -0.2) is 42.1 Å². The van der Waals surface area contributed by atoms with E-state index in [2.05, 4.69) is 6.07 Å². The summed E-state index contributed by atoms with van der Waals surface area (Å²) in [5, 5.41) is 9.68. The lowest BCUT2D eigenvalue weighted by Gasteiger charge is -2.45. The normalized spacial score (nSPS) is 16.4. The molecule has 0 bridgehead atoms. The molecule has 1 spiro atoms. The molecular formula is C26H24ClN3O4S. The Morgan fingerprint density at radius 3 is 2.40 bits per heavy atom. The van der Waals surface area contributed by atoms with Gasteiger partial charge in [0.15, 0.2) is 15.4 Å². The fourth-order valence-corrected chi connectivity index (χ4v) is 6.05. The van der Waals surface area contributed by atoms with E-state index >= 15 is 0 Å². The standard InChI is InChI=1S/C26H24ClN3O4S/c1-17(2)35(32,33)21-7-3-18(4-8-21)25(31)29-13-11-26(12-14-29)24-10-6-20(16-28)30(24)22-9-5-19(27)15-23(22)34-26/h3-10,15,17H,11-14H2,1-2H3. The molecule has 35 heavy (non-hydrogen) atoms. The Kier molecular flexibility index (Phi) is 5.65. The maximum absolute atomic E-state index is 13.2. The van der Waals surface area contributed by atoms with Crippen molar-refractivity contribution in [3.63, 3.8) is 0 Å². The van der Waals surface area contributed by atoms with Gasteiger partial charge in [-0.15, -0.1) is 0 Å². The van der Waals surface area contributed by atoms with Crippen LogP contribution in [0.2, 0.25) is 5.02 Å². The second-order valence-electron chi connectivity index (χ2n) is 9.17. The number of carbonyl (C=O) groups is 1. The van der Waals surface area contributed by atoms with Crippen LogP contribution in [-0.2, 0) is 15.4 Å². The summed E-state index contributed by atoms with van der Waals surface area (Å²) < 4.78 is 33.2. The van der Waals surface area contributed by atoms with Gasteiger partial charge in [0.05, 0.1) is 21.5 Å². The molecule has 0 atom stereocenters. The number of carbonyl (C=O) groups excluding carboxylic acids is 1. The number of piperidine rings is 1. The van der Waals surface area contributed by atoms with Gasteiger partial charge in [-0.25, -0.2) is 8.42 Å². The largest absolute Gasteiger partial charge is 0.479 e. The van der Waals surface area contributed by atoms with Crippen molar-refractivity contribution in [1.29, 1.82) is 5.26 Å². The van der Waals surface area contributed by atoms with Crippen LogP contribution < -0.4 is 4.74 Å². The first-order valence-electron chi connectivity index (χ1n) is 11.4. The number of ether oxygens (including phenoxy) is 1. The van der Waals surface area contributed by atoms with Gasteiger partial charge in [0, 0.05) is 42.6 Å². The number of likely N-dealkylation sites (tertiary alicyclic amines) is 1. The quantitative estimate of drug-likeness (QED) is 0.510. The second-order valence-corrected chi connectivity index (χ2v) is 12.1. The number of nitrogens with zero attached hydrogens (tertiary/aromatic N) is 3. The van der Waals surface area contributed by atoms with Crippen LogP contribution in [0.25, 0.3) is 5.69 Å². The minimum absolute atomic E-state index is 0.152. The van der Waals surface area contributed by atoms with E-state index < -0.39 is 20.7 Å². The van der Waals surface area contributed by atoms with Gasteiger partial charge < -0.3 is 9.64 Å². The van der Waals surface area contributed by atoms with Crippen LogP contribution in [0.5, 0.6) is 5.75 Å². The lowest BCUT2D eigenvalue weighted by Crippen LogP contribution is -2.50. The van der Waals surface area contributed by atoms with Crippen molar-refractivity contribution in [2.75, 3.05) is 13.1 Å². The molecule has 2 aliphatic rings. The van der Waals surface area contributed by atoms with Crippen LogP contribution in [0.1, 0.15) is 48.4 Å². The predicted molar refractivity (Wildman–Crippen MR) is 132 cm³/mol. The summed E-state index contributed by atoms with van der Waals surface area (Å²) in [7, 11) is -3.40. The van der Waals surface area contributed by atoms with E-state index in [0.717, 1.165) is 11.4 Å². The zero-order valence-corrected chi connectivity index (χ0v) is 20.9. The van der Waals surface area contributed by atoms with Gasteiger partial charge in [-0.2, -0.15) is 5.26 Å². The van der Waals surface area contributed by atoms with E-state index in [1.54, 1.807) is 49.1 Å². The van der Waals surface area contributed by atoms with E-state index in [9.17, 15) is 18.5 Å². The molecule has 2 aromatic carbocycles. The smallest absolute Gasteiger partial charge is 0.253 e. The molecule has 5 rings (SSSR count). The third-order valence-electron chi connectivity index (χ3n) is 6.84. The molecule has 180 valence electrons. The minimum atomic E-state index is -3.40. The number of benzene rings is 2. The van der Waals surface area contributed by atoms with E-state index in [0.29, 0.717) is 48.0 Å². The van der Waals surface area contributed by atoms with Gasteiger partial charge in [-0.3, -0.25) is 9.36 Å². The maximum Gasteiger partial charge on any atom is 0.253 e. The lowest BCUT2D eigenvalue weighted by molar-refractivity contribution is -0.00936. The molecule has 0 saturated carbocycles. The first-order valence-corrected chi connectivity index (χ1v) is 13.3. The van der Waals surface area contributed by atoms with E-state index in [4.69, 9.17) is 16.3 Å². The Morgan fingerprint density at radius 1 is 1.09 bits per heavy atom. The molecule has 1 fully saturated rings. The molecule has 1 saturated heterocycles. The summed E-state index contributed by atoms with van der Waals surface area (Å²) in [6, 6.07) is 17.5. The van der Waals surface area contributed by atoms with Crippen LogP contribution in [0.4, 0.5) is 0 Å². The molecule has 1 aromatic heterocycles. The number of hydrogen-bond acceptors (Lipinski definition) is 5. The second kappa shape index (κ2) is 8.43.